The Labute approximate surface area is 156 Å². The van der Waals surface area contributed by atoms with E-state index in [1.165, 1.54) is 0 Å². The highest BCUT2D eigenvalue weighted by Crippen LogP contribution is 2.27. The zero-order valence-electron chi connectivity index (χ0n) is 15.9. The van der Waals surface area contributed by atoms with Crippen molar-refractivity contribution in [2.75, 3.05) is 44.2 Å². The second-order valence-electron chi connectivity index (χ2n) is 7.52. The van der Waals surface area contributed by atoms with Gasteiger partial charge in [-0.1, -0.05) is 26.0 Å². The number of hydrogen-bond donors (Lipinski definition) is 2. The van der Waals surface area contributed by atoms with Crippen LogP contribution < -0.4 is 10.6 Å². The van der Waals surface area contributed by atoms with Crippen LogP contribution in [0.2, 0.25) is 0 Å². The highest BCUT2D eigenvalue weighted by Gasteiger charge is 2.28. The lowest BCUT2D eigenvalue weighted by molar-refractivity contribution is 0.129. The first-order chi connectivity index (χ1) is 12.6. The van der Waals surface area contributed by atoms with E-state index in [-0.39, 0.29) is 6.61 Å². The van der Waals surface area contributed by atoms with E-state index in [1.807, 2.05) is 18.2 Å². The van der Waals surface area contributed by atoms with Gasteiger partial charge in [0.2, 0.25) is 0 Å². The molecule has 1 aliphatic rings. The molecule has 0 spiro atoms. The number of para-hydroxylation sites is 1. The number of nitrogens with zero attached hydrogens (tertiary/aromatic N) is 4. The van der Waals surface area contributed by atoms with Gasteiger partial charge in [-0.3, -0.25) is 4.90 Å². The van der Waals surface area contributed by atoms with Crippen molar-refractivity contribution in [2.45, 2.75) is 32.7 Å². The van der Waals surface area contributed by atoms with Crippen molar-refractivity contribution >= 4 is 16.7 Å². The van der Waals surface area contributed by atoms with Gasteiger partial charge in [0.05, 0.1) is 5.52 Å². The first-order valence-corrected chi connectivity index (χ1v) is 9.68. The molecule has 1 unspecified atom stereocenters. The van der Waals surface area contributed by atoms with Crippen LogP contribution in [0.3, 0.4) is 0 Å². The minimum atomic E-state index is 0.218. The zero-order chi connectivity index (χ0) is 18.5. The van der Waals surface area contributed by atoms with Crippen molar-refractivity contribution in [3.63, 3.8) is 0 Å². The molecule has 0 bridgehead atoms. The summed E-state index contributed by atoms with van der Waals surface area (Å²) in [4.78, 5) is 14.4. The molecule has 0 saturated carbocycles. The van der Waals surface area contributed by atoms with Crippen molar-refractivity contribution in [1.82, 2.24) is 14.9 Å². The Morgan fingerprint density at radius 2 is 2.04 bits per heavy atom. The molecule has 1 atom stereocenters. The molecule has 0 aliphatic carbocycles. The first kappa shape index (κ1) is 19.0. The summed E-state index contributed by atoms with van der Waals surface area (Å²) in [6, 6.07) is 8.54. The maximum atomic E-state index is 9.53. The molecule has 0 amide bonds. The van der Waals surface area contributed by atoms with E-state index in [0.29, 0.717) is 24.9 Å². The van der Waals surface area contributed by atoms with Gasteiger partial charge in [0.25, 0.3) is 0 Å². The van der Waals surface area contributed by atoms with Gasteiger partial charge in [0, 0.05) is 50.6 Å². The summed E-state index contributed by atoms with van der Waals surface area (Å²) < 4.78 is 0. The molecule has 6 nitrogen and oxygen atoms in total. The summed E-state index contributed by atoms with van der Waals surface area (Å²) >= 11 is 0. The minimum absolute atomic E-state index is 0.218. The highest BCUT2D eigenvalue weighted by atomic mass is 16.3. The predicted octanol–water partition coefficient (Wildman–Crippen LogP) is 1.66. The second kappa shape index (κ2) is 8.75. The maximum absolute atomic E-state index is 9.53. The Kier molecular flexibility index (Phi) is 6.40. The van der Waals surface area contributed by atoms with Gasteiger partial charge in [-0.2, -0.15) is 0 Å². The summed E-state index contributed by atoms with van der Waals surface area (Å²) in [5, 5.41) is 10.6. The van der Waals surface area contributed by atoms with Gasteiger partial charge >= 0.3 is 0 Å². The summed E-state index contributed by atoms with van der Waals surface area (Å²) in [6.07, 6.45) is 1.48. The van der Waals surface area contributed by atoms with Gasteiger partial charge < -0.3 is 15.7 Å². The zero-order valence-corrected chi connectivity index (χ0v) is 15.9. The molecule has 1 saturated heterocycles. The smallest absolute Gasteiger partial charge is 0.140 e. The maximum Gasteiger partial charge on any atom is 0.140 e. The van der Waals surface area contributed by atoms with Crippen LogP contribution >= 0.6 is 0 Å². The fourth-order valence-electron chi connectivity index (χ4n) is 3.81. The summed E-state index contributed by atoms with van der Waals surface area (Å²) in [7, 11) is 0. The van der Waals surface area contributed by atoms with Crippen LogP contribution in [0.15, 0.2) is 24.3 Å². The molecule has 2 aromatic rings. The molecule has 6 heteroatoms. The number of aromatic nitrogens is 2. The Balaban J connectivity index is 1.90. The van der Waals surface area contributed by atoms with Crippen LogP contribution in [0.4, 0.5) is 5.82 Å². The van der Waals surface area contributed by atoms with E-state index < -0.39 is 0 Å². The van der Waals surface area contributed by atoms with Gasteiger partial charge in [-0.25, -0.2) is 9.97 Å². The predicted molar refractivity (Wildman–Crippen MR) is 106 cm³/mol. The van der Waals surface area contributed by atoms with Crippen molar-refractivity contribution in [1.29, 1.82) is 0 Å². The van der Waals surface area contributed by atoms with Crippen LogP contribution in [0.25, 0.3) is 10.9 Å². The highest BCUT2D eigenvalue weighted by molar-refractivity contribution is 5.89. The van der Waals surface area contributed by atoms with E-state index >= 15 is 0 Å². The van der Waals surface area contributed by atoms with Crippen molar-refractivity contribution < 1.29 is 5.11 Å². The average molecular weight is 358 g/mol. The largest absolute Gasteiger partial charge is 0.396 e. The van der Waals surface area contributed by atoms with Gasteiger partial charge in [0.1, 0.15) is 11.6 Å². The number of hydrogen-bond acceptors (Lipinski definition) is 6. The van der Waals surface area contributed by atoms with Crippen molar-refractivity contribution in [2.24, 2.45) is 11.7 Å². The molecule has 1 aliphatic heterocycles. The number of anilines is 1. The van der Waals surface area contributed by atoms with Gasteiger partial charge in [-0.05, 0) is 31.0 Å². The second-order valence-corrected chi connectivity index (χ2v) is 7.52. The van der Waals surface area contributed by atoms with Crippen LogP contribution in [0, 0.1) is 5.92 Å². The average Bonchev–Trinajstić information content (AvgIpc) is 2.62. The summed E-state index contributed by atoms with van der Waals surface area (Å²) in [6.45, 7) is 9.16. The fraction of sp³-hybridized carbons (Fsp3) is 0.600. The third kappa shape index (κ3) is 4.31. The van der Waals surface area contributed by atoms with Crippen LogP contribution in [-0.4, -0.2) is 65.3 Å². The van der Waals surface area contributed by atoms with Crippen LogP contribution in [0.5, 0.6) is 0 Å². The lowest BCUT2D eigenvalue weighted by Crippen LogP contribution is -2.54. The van der Waals surface area contributed by atoms with Gasteiger partial charge in [0.15, 0.2) is 0 Å². The third-order valence-corrected chi connectivity index (χ3v) is 4.96. The quantitative estimate of drug-likeness (QED) is 0.785. The topological polar surface area (TPSA) is 78.5 Å². The monoisotopic (exact) mass is 357 g/mol. The molecule has 142 valence electrons. The Morgan fingerprint density at radius 3 is 2.77 bits per heavy atom. The molecule has 3 N–H and O–H groups in total. The molecule has 3 rings (SSSR count). The number of nitrogens with two attached hydrogens (primary N) is 1. The van der Waals surface area contributed by atoms with Crippen LogP contribution in [0.1, 0.15) is 26.1 Å². The lowest BCUT2D eigenvalue weighted by Gasteiger charge is -2.43. The molecular formula is C20H31N5O. The lowest BCUT2D eigenvalue weighted by atomic mass is 10.1. The summed E-state index contributed by atoms with van der Waals surface area (Å²) in [5.74, 6) is 2.44. The molecular weight excluding hydrogens is 326 g/mol. The minimum Gasteiger partial charge on any atom is -0.396 e. The fourth-order valence-corrected chi connectivity index (χ4v) is 3.81. The summed E-state index contributed by atoms with van der Waals surface area (Å²) in [5.41, 5.74) is 6.71. The number of piperazine rings is 1. The Morgan fingerprint density at radius 1 is 1.23 bits per heavy atom. The van der Waals surface area contributed by atoms with E-state index in [4.69, 9.17) is 10.7 Å². The molecule has 1 aromatic heterocycles. The SMILES string of the molecule is CC(C)CN1CCN(c2nc(CCN)nc3ccccc23)CC1CCO. The van der Waals surface area contributed by atoms with Crippen molar-refractivity contribution in [3.05, 3.63) is 30.1 Å². The molecule has 2 heterocycles. The van der Waals surface area contributed by atoms with E-state index in [1.54, 1.807) is 0 Å². The molecule has 1 aromatic carbocycles. The Hall–Kier alpha value is -1.76. The van der Waals surface area contributed by atoms with Crippen molar-refractivity contribution in [3.8, 4) is 0 Å². The third-order valence-electron chi connectivity index (χ3n) is 4.96. The molecule has 1 fully saturated rings. The molecule has 26 heavy (non-hydrogen) atoms. The first-order valence-electron chi connectivity index (χ1n) is 9.68. The number of benzene rings is 1. The standard InChI is InChI=1S/C20H31N5O/c1-15(2)13-24-10-11-25(14-16(24)8-12-26)20-17-5-3-4-6-18(17)22-19(23-20)7-9-21/h3-6,15-16,26H,7-14,21H2,1-2H3. The molecule has 0 radical (unpaired) electrons. The number of aliphatic hydroxyl groups excluding tert-OH is 1. The normalized spacial score (nSPS) is 18.8. The van der Waals surface area contributed by atoms with Gasteiger partial charge in [-0.15, -0.1) is 0 Å². The van der Waals surface area contributed by atoms with E-state index in [9.17, 15) is 5.11 Å². The van der Waals surface area contributed by atoms with Crippen LogP contribution in [-0.2, 0) is 6.42 Å². The number of rotatable bonds is 7. The number of aliphatic hydroxyl groups is 1. The van der Waals surface area contributed by atoms with E-state index in [2.05, 4.69) is 34.7 Å². The van der Waals surface area contributed by atoms with E-state index in [0.717, 1.165) is 55.1 Å². The Bertz CT molecular complexity index is 720. The number of fused-ring (bicyclic) bond motifs is 1.